The summed E-state index contributed by atoms with van der Waals surface area (Å²) in [5.41, 5.74) is 12.7. The maximum atomic E-state index is 11.7. The number of nitrogens with zero attached hydrogens (tertiary/aromatic N) is 1. The third kappa shape index (κ3) is 3.88. The predicted molar refractivity (Wildman–Crippen MR) is 78.5 cm³/mol. The molecule has 6 nitrogen and oxygen atoms in total. The first-order chi connectivity index (χ1) is 9.36. The molecule has 0 radical (unpaired) electrons. The molecule has 0 spiro atoms. The lowest BCUT2D eigenvalue weighted by Gasteiger charge is -2.29. The van der Waals surface area contributed by atoms with E-state index in [1.807, 2.05) is 13.8 Å². The van der Waals surface area contributed by atoms with Crippen molar-refractivity contribution in [3.8, 4) is 0 Å². The molecule has 0 saturated heterocycles. The number of anilines is 2. The highest BCUT2D eigenvalue weighted by atomic mass is 16.5. The number of carbonyl (C=O) groups is 2. The molecule has 0 atom stereocenters. The van der Waals surface area contributed by atoms with Gasteiger partial charge in [-0.05, 0) is 39.0 Å². The van der Waals surface area contributed by atoms with E-state index in [1.54, 1.807) is 30.0 Å². The molecule has 0 aromatic heterocycles. The van der Waals surface area contributed by atoms with E-state index >= 15 is 0 Å². The van der Waals surface area contributed by atoms with Crippen molar-refractivity contribution in [2.75, 3.05) is 23.8 Å². The number of hydrogen-bond acceptors (Lipinski definition) is 5. The van der Waals surface area contributed by atoms with Crippen molar-refractivity contribution in [1.29, 1.82) is 0 Å². The quantitative estimate of drug-likeness (QED) is 0.601. The molecule has 4 N–H and O–H groups in total. The van der Waals surface area contributed by atoms with Gasteiger partial charge in [-0.3, -0.25) is 4.79 Å². The molecule has 1 aromatic rings. The van der Waals surface area contributed by atoms with E-state index in [-0.39, 0.29) is 12.6 Å². The minimum absolute atomic E-state index is 0.0160. The number of carbonyl (C=O) groups excluding carboxylic acids is 2. The van der Waals surface area contributed by atoms with Crippen LogP contribution in [0.2, 0.25) is 0 Å². The number of ether oxygens (including phenoxy) is 1. The van der Waals surface area contributed by atoms with Crippen molar-refractivity contribution in [2.45, 2.75) is 26.8 Å². The van der Waals surface area contributed by atoms with Crippen LogP contribution in [0.1, 0.15) is 31.1 Å². The van der Waals surface area contributed by atoms with Crippen LogP contribution in [-0.2, 0) is 9.53 Å². The van der Waals surface area contributed by atoms with Crippen molar-refractivity contribution in [2.24, 2.45) is 5.73 Å². The second-order valence-electron chi connectivity index (χ2n) is 4.68. The van der Waals surface area contributed by atoms with Gasteiger partial charge in [-0.25, -0.2) is 4.79 Å². The van der Waals surface area contributed by atoms with Gasteiger partial charge < -0.3 is 21.1 Å². The Hall–Kier alpha value is -2.24. The largest absolute Gasteiger partial charge is 0.462 e. The van der Waals surface area contributed by atoms with Crippen LogP contribution < -0.4 is 16.4 Å². The van der Waals surface area contributed by atoms with Crippen LogP contribution in [0.15, 0.2) is 18.2 Å². The highest BCUT2D eigenvalue weighted by Crippen LogP contribution is 2.26. The van der Waals surface area contributed by atoms with Gasteiger partial charge in [-0.2, -0.15) is 0 Å². The molecule has 1 rings (SSSR count). The molecule has 0 fully saturated rings. The van der Waals surface area contributed by atoms with Crippen LogP contribution in [0.3, 0.4) is 0 Å². The number of nitrogen functional groups attached to an aromatic ring is 1. The first-order valence-corrected chi connectivity index (χ1v) is 6.48. The van der Waals surface area contributed by atoms with Gasteiger partial charge >= 0.3 is 5.97 Å². The van der Waals surface area contributed by atoms with Gasteiger partial charge in [0, 0.05) is 6.04 Å². The lowest BCUT2D eigenvalue weighted by Crippen LogP contribution is -2.39. The van der Waals surface area contributed by atoms with E-state index in [4.69, 9.17) is 16.2 Å². The van der Waals surface area contributed by atoms with Crippen molar-refractivity contribution in [3.63, 3.8) is 0 Å². The molecule has 0 unspecified atom stereocenters. The molecule has 1 amide bonds. The van der Waals surface area contributed by atoms with Crippen molar-refractivity contribution >= 4 is 23.3 Å². The molecule has 0 aliphatic heterocycles. The summed E-state index contributed by atoms with van der Waals surface area (Å²) in [6.07, 6.45) is 0. The van der Waals surface area contributed by atoms with Gasteiger partial charge in [-0.1, -0.05) is 0 Å². The number of rotatable bonds is 6. The second kappa shape index (κ2) is 6.79. The van der Waals surface area contributed by atoms with Gasteiger partial charge in [0.05, 0.1) is 30.1 Å². The minimum Gasteiger partial charge on any atom is -0.462 e. The van der Waals surface area contributed by atoms with Crippen LogP contribution in [0.25, 0.3) is 0 Å². The third-order valence-electron chi connectivity index (χ3n) is 2.80. The maximum Gasteiger partial charge on any atom is 0.338 e. The number of esters is 1. The van der Waals surface area contributed by atoms with Crippen molar-refractivity contribution in [1.82, 2.24) is 0 Å². The fourth-order valence-electron chi connectivity index (χ4n) is 1.85. The van der Waals surface area contributed by atoms with E-state index in [0.717, 1.165) is 0 Å². The average molecular weight is 279 g/mol. The standard InChI is InChI=1S/C14H21N3O3/c1-4-20-14(19)10-5-6-11(15)12(7-10)17(9(2)3)8-13(16)18/h5-7,9H,4,8,15H2,1-3H3,(H2,16,18). The average Bonchev–Trinajstić information content (AvgIpc) is 2.36. The zero-order valence-electron chi connectivity index (χ0n) is 12.1. The number of nitrogens with two attached hydrogens (primary N) is 2. The van der Waals surface area contributed by atoms with Gasteiger partial charge in [-0.15, -0.1) is 0 Å². The normalized spacial score (nSPS) is 10.4. The topological polar surface area (TPSA) is 98.7 Å². The molecular weight excluding hydrogens is 258 g/mol. The van der Waals surface area contributed by atoms with E-state index in [9.17, 15) is 9.59 Å². The Kier molecular flexibility index (Phi) is 5.37. The molecule has 110 valence electrons. The Morgan fingerprint density at radius 2 is 2.00 bits per heavy atom. The maximum absolute atomic E-state index is 11.7. The van der Waals surface area contributed by atoms with E-state index < -0.39 is 11.9 Å². The van der Waals surface area contributed by atoms with E-state index in [2.05, 4.69) is 0 Å². The van der Waals surface area contributed by atoms with Crippen molar-refractivity contribution in [3.05, 3.63) is 23.8 Å². The molecule has 0 aliphatic carbocycles. The first kappa shape index (κ1) is 15.8. The van der Waals surface area contributed by atoms with Gasteiger partial charge in [0.2, 0.25) is 5.91 Å². The van der Waals surface area contributed by atoms with Crippen LogP contribution in [0.4, 0.5) is 11.4 Å². The smallest absolute Gasteiger partial charge is 0.338 e. The van der Waals surface area contributed by atoms with Crippen LogP contribution in [-0.4, -0.2) is 31.1 Å². The first-order valence-electron chi connectivity index (χ1n) is 6.48. The molecule has 0 bridgehead atoms. The highest BCUT2D eigenvalue weighted by Gasteiger charge is 2.18. The van der Waals surface area contributed by atoms with Crippen LogP contribution >= 0.6 is 0 Å². The highest BCUT2D eigenvalue weighted by molar-refractivity contribution is 5.92. The van der Waals surface area contributed by atoms with E-state index in [0.29, 0.717) is 23.5 Å². The zero-order valence-corrected chi connectivity index (χ0v) is 12.1. The summed E-state index contributed by atoms with van der Waals surface area (Å²) in [6, 6.07) is 4.86. The van der Waals surface area contributed by atoms with Gasteiger partial charge in [0.25, 0.3) is 0 Å². The Labute approximate surface area is 118 Å². The fourth-order valence-corrected chi connectivity index (χ4v) is 1.85. The Balaban J connectivity index is 3.16. The summed E-state index contributed by atoms with van der Waals surface area (Å²) >= 11 is 0. The predicted octanol–water partition coefficient (Wildman–Crippen LogP) is 1.15. The molecule has 0 heterocycles. The Morgan fingerprint density at radius 1 is 1.35 bits per heavy atom. The Morgan fingerprint density at radius 3 is 2.50 bits per heavy atom. The summed E-state index contributed by atoms with van der Waals surface area (Å²) in [5.74, 6) is -0.879. The molecule has 0 aliphatic rings. The monoisotopic (exact) mass is 279 g/mol. The van der Waals surface area contributed by atoms with Crippen molar-refractivity contribution < 1.29 is 14.3 Å². The summed E-state index contributed by atoms with van der Waals surface area (Å²) in [7, 11) is 0. The molecular formula is C14H21N3O3. The number of benzene rings is 1. The van der Waals surface area contributed by atoms with E-state index in [1.165, 1.54) is 0 Å². The lowest BCUT2D eigenvalue weighted by molar-refractivity contribution is -0.116. The molecule has 6 heteroatoms. The molecule has 0 saturated carbocycles. The minimum atomic E-state index is -0.459. The second-order valence-corrected chi connectivity index (χ2v) is 4.68. The SMILES string of the molecule is CCOC(=O)c1ccc(N)c(N(CC(N)=O)C(C)C)c1. The zero-order chi connectivity index (χ0) is 15.3. The number of primary amides is 1. The summed E-state index contributed by atoms with van der Waals surface area (Å²) in [4.78, 5) is 24.7. The van der Waals surface area contributed by atoms with Gasteiger partial charge in [0.15, 0.2) is 0 Å². The van der Waals surface area contributed by atoms with Gasteiger partial charge in [0.1, 0.15) is 0 Å². The fraction of sp³-hybridized carbons (Fsp3) is 0.429. The summed E-state index contributed by atoms with van der Waals surface area (Å²) in [6.45, 7) is 5.91. The summed E-state index contributed by atoms with van der Waals surface area (Å²) < 4.78 is 4.95. The third-order valence-corrected chi connectivity index (χ3v) is 2.80. The lowest BCUT2D eigenvalue weighted by atomic mass is 10.1. The number of amides is 1. The summed E-state index contributed by atoms with van der Waals surface area (Å²) in [5, 5.41) is 0. The molecule has 20 heavy (non-hydrogen) atoms. The number of hydrogen-bond donors (Lipinski definition) is 2. The van der Waals surface area contributed by atoms with Crippen LogP contribution in [0, 0.1) is 0 Å². The van der Waals surface area contributed by atoms with Crippen LogP contribution in [0.5, 0.6) is 0 Å². The Bertz CT molecular complexity index is 500. The molecule has 1 aromatic carbocycles.